The highest BCUT2D eigenvalue weighted by molar-refractivity contribution is 5.92. The summed E-state index contributed by atoms with van der Waals surface area (Å²) in [6.45, 7) is 6.29. The van der Waals surface area contributed by atoms with E-state index in [1.165, 1.54) is 10.9 Å². The first-order chi connectivity index (χ1) is 19.5. The number of pyridine rings is 1. The van der Waals surface area contributed by atoms with Gasteiger partial charge < -0.3 is 15.4 Å². The molecule has 1 saturated heterocycles. The van der Waals surface area contributed by atoms with Crippen molar-refractivity contribution < 1.29 is 4.74 Å². The molecule has 6 rings (SSSR count). The van der Waals surface area contributed by atoms with Crippen molar-refractivity contribution in [1.29, 1.82) is 0 Å². The molecular weight excluding hydrogens is 498 g/mol. The monoisotopic (exact) mass is 533 g/mol. The summed E-state index contributed by atoms with van der Waals surface area (Å²) in [4.78, 5) is 14.0. The first kappa shape index (κ1) is 26.0. The van der Waals surface area contributed by atoms with Gasteiger partial charge in [-0.3, -0.25) is 4.68 Å². The smallest absolute Gasteiger partial charge is 0.228 e. The van der Waals surface area contributed by atoms with Crippen LogP contribution in [0.4, 0.5) is 5.95 Å². The minimum Gasteiger partial charge on any atom is -0.437 e. The van der Waals surface area contributed by atoms with Gasteiger partial charge in [-0.15, -0.1) is 0 Å². The van der Waals surface area contributed by atoms with Crippen LogP contribution in [0, 0.1) is 12.8 Å². The van der Waals surface area contributed by atoms with E-state index in [-0.39, 0.29) is 0 Å². The third-order valence-corrected chi connectivity index (χ3v) is 7.52. The Kier molecular flexibility index (Phi) is 7.42. The van der Waals surface area contributed by atoms with E-state index in [1.54, 1.807) is 12.4 Å². The van der Waals surface area contributed by atoms with Crippen LogP contribution in [0.5, 0.6) is 11.6 Å². The van der Waals surface area contributed by atoms with Gasteiger partial charge in [-0.2, -0.15) is 5.10 Å². The second kappa shape index (κ2) is 11.4. The number of rotatable bonds is 8. The van der Waals surface area contributed by atoms with Gasteiger partial charge in [0.25, 0.3) is 0 Å². The molecule has 3 aromatic heterocycles. The molecule has 4 heterocycles. The molecule has 40 heavy (non-hydrogen) atoms. The lowest BCUT2D eigenvalue weighted by atomic mass is 9.98. The number of benzene rings is 2. The Morgan fingerprint density at radius 1 is 0.975 bits per heavy atom. The Balaban J connectivity index is 1.29. The lowest BCUT2D eigenvalue weighted by Gasteiger charge is -2.28. The van der Waals surface area contributed by atoms with E-state index in [9.17, 15) is 0 Å². The van der Waals surface area contributed by atoms with Crippen LogP contribution in [0.3, 0.4) is 0 Å². The predicted octanol–water partition coefficient (Wildman–Crippen LogP) is 5.72. The molecule has 8 heteroatoms. The van der Waals surface area contributed by atoms with Crippen molar-refractivity contribution in [3.63, 3.8) is 0 Å². The number of hydrogen-bond acceptors (Lipinski definition) is 7. The van der Waals surface area contributed by atoms with E-state index < -0.39 is 0 Å². The topological polar surface area (TPSA) is 89.8 Å². The van der Waals surface area contributed by atoms with Crippen LogP contribution in [-0.2, 0) is 19.9 Å². The fraction of sp³-hybridized carbons (Fsp3) is 0.312. The molecule has 0 unspecified atom stereocenters. The van der Waals surface area contributed by atoms with E-state index in [4.69, 9.17) is 9.72 Å². The molecule has 1 aliphatic heterocycles. The first-order valence-corrected chi connectivity index (χ1v) is 14.0. The highest BCUT2D eigenvalue weighted by Crippen LogP contribution is 2.37. The number of aryl methyl sites for hydroxylation is 4. The minimum absolute atomic E-state index is 0.300. The van der Waals surface area contributed by atoms with Crippen molar-refractivity contribution in [3.05, 3.63) is 90.0 Å². The predicted molar refractivity (Wildman–Crippen MR) is 159 cm³/mol. The maximum Gasteiger partial charge on any atom is 0.228 e. The SMILES string of the molecule is Cc1ccc2c(CCc3ccn(C)n3)cccc2c1Oc1ncccc1-c1ccnc(N[C@@H]2CNC[C@H](C)C2)n1. The largest absolute Gasteiger partial charge is 0.437 e. The lowest BCUT2D eigenvalue weighted by Crippen LogP contribution is -2.42. The molecule has 2 aromatic carbocycles. The summed E-state index contributed by atoms with van der Waals surface area (Å²) in [7, 11) is 1.95. The Hall–Kier alpha value is -4.30. The molecular formula is C32H35N7O. The normalized spacial score (nSPS) is 17.2. The summed E-state index contributed by atoms with van der Waals surface area (Å²) < 4.78 is 8.47. The average Bonchev–Trinajstić information content (AvgIpc) is 3.38. The Labute approximate surface area is 234 Å². The van der Waals surface area contributed by atoms with Gasteiger partial charge in [0, 0.05) is 43.6 Å². The zero-order valence-corrected chi connectivity index (χ0v) is 23.3. The Bertz CT molecular complexity index is 1630. The van der Waals surface area contributed by atoms with E-state index in [0.717, 1.165) is 66.0 Å². The summed E-state index contributed by atoms with van der Waals surface area (Å²) >= 11 is 0. The molecule has 1 fully saturated rings. The highest BCUT2D eigenvalue weighted by Gasteiger charge is 2.20. The summed E-state index contributed by atoms with van der Waals surface area (Å²) in [5, 5.41) is 13.8. The number of aromatic nitrogens is 5. The number of anilines is 1. The molecule has 1 aliphatic rings. The maximum absolute atomic E-state index is 6.62. The summed E-state index contributed by atoms with van der Waals surface area (Å²) in [5.41, 5.74) is 5.01. The van der Waals surface area contributed by atoms with Crippen LogP contribution in [0.25, 0.3) is 22.0 Å². The number of ether oxygens (including phenoxy) is 1. The lowest BCUT2D eigenvalue weighted by molar-refractivity contribution is 0.377. The van der Waals surface area contributed by atoms with Crippen molar-refractivity contribution in [2.45, 2.75) is 39.2 Å². The fourth-order valence-corrected chi connectivity index (χ4v) is 5.51. The van der Waals surface area contributed by atoms with Crippen LogP contribution in [-0.4, -0.2) is 43.9 Å². The van der Waals surface area contributed by atoms with Crippen LogP contribution in [0.1, 0.15) is 30.2 Å². The Morgan fingerprint density at radius 2 is 1.90 bits per heavy atom. The van der Waals surface area contributed by atoms with Crippen molar-refractivity contribution >= 4 is 16.7 Å². The maximum atomic E-state index is 6.62. The third kappa shape index (κ3) is 5.67. The molecule has 0 radical (unpaired) electrons. The van der Waals surface area contributed by atoms with Crippen molar-refractivity contribution in [3.8, 4) is 22.9 Å². The minimum atomic E-state index is 0.300. The first-order valence-electron chi connectivity index (χ1n) is 14.0. The quantitative estimate of drug-likeness (QED) is 0.264. The zero-order chi connectivity index (χ0) is 27.5. The summed E-state index contributed by atoms with van der Waals surface area (Å²) in [6.07, 6.45) is 8.41. The van der Waals surface area contributed by atoms with Gasteiger partial charge in [0.1, 0.15) is 5.75 Å². The van der Waals surface area contributed by atoms with E-state index >= 15 is 0 Å². The van der Waals surface area contributed by atoms with Crippen molar-refractivity contribution in [1.82, 2.24) is 30.0 Å². The molecule has 0 spiro atoms. The molecule has 0 saturated carbocycles. The van der Waals surface area contributed by atoms with Gasteiger partial charge >= 0.3 is 0 Å². The molecule has 2 atom stereocenters. The Morgan fingerprint density at radius 3 is 2.75 bits per heavy atom. The number of nitrogens with one attached hydrogen (secondary N) is 2. The van der Waals surface area contributed by atoms with Crippen LogP contribution < -0.4 is 15.4 Å². The molecule has 0 aliphatic carbocycles. The molecule has 0 amide bonds. The second-order valence-corrected chi connectivity index (χ2v) is 10.8. The van der Waals surface area contributed by atoms with Gasteiger partial charge in [0.15, 0.2) is 0 Å². The second-order valence-electron chi connectivity index (χ2n) is 10.8. The third-order valence-electron chi connectivity index (χ3n) is 7.52. The van der Waals surface area contributed by atoms with Crippen LogP contribution >= 0.6 is 0 Å². The highest BCUT2D eigenvalue weighted by atomic mass is 16.5. The molecule has 8 nitrogen and oxygen atoms in total. The van der Waals surface area contributed by atoms with Crippen LogP contribution in [0.2, 0.25) is 0 Å². The van der Waals surface area contributed by atoms with Gasteiger partial charge in [-0.1, -0.05) is 37.3 Å². The fourth-order valence-electron chi connectivity index (χ4n) is 5.51. The number of hydrogen-bond donors (Lipinski definition) is 2. The molecule has 0 bridgehead atoms. The van der Waals surface area contributed by atoms with Gasteiger partial charge in [0.05, 0.1) is 17.0 Å². The molecule has 5 aromatic rings. The standard InChI is InChI=1S/C32H35N7O/c1-21-18-25(20-33-19-21)36-32-35-16-13-29(37-32)28-8-5-15-34-31(28)40-30-22(2)9-12-26-23(6-4-7-27(26)30)10-11-24-14-17-39(3)38-24/h4-9,12-17,21,25,33H,10-11,18-20H2,1-3H3,(H,35,36,37)/t21-,25+/m1/s1. The molecule has 204 valence electrons. The summed E-state index contributed by atoms with van der Waals surface area (Å²) in [6, 6.07) is 18.9. The number of nitrogens with zero attached hydrogens (tertiary/aromatic N) is 5. The van der Waals surface area contributed by atoms with Crippen LogP contribution in [0.15, 0.2) is 73.2 Å². The molecule has 2 N–H and O–H groups in total. The average molecular weight is 534 g/mol. The van der Waals surface area contributed by atoms with Gasteiger partial charge in [-0.25, -0.2) is 15.0 Å². The van der Waals surface area contributed by atoms with Gasteiger partial charge in [0.2, 0.25) is 11.8 Å². The van der Waals surface area contributed by atoms with Crippen molar-refractivity contribution in [2.75, 3.05) is 18.4 Å². The van der Waals surface area contributed by atoms with E-state index in [0.29, 0.717) is 23.8 Å². The number of piperidine rings is 1. The summed E-state index contributed by atoms with van der Waals surface area (Å²) in [5.74, 6) is 2.57. The van der Waals surface area contributed by atoms with Crippen molar-refractivity contribution in [2.24, 2.45) is 13.0 Å². The van der Waals surface area contributed by atoms with E-state index in [2.05, 4.69) is 75.9 Å². The van der Waals surface area contributed by atoms with E-state index in [1.807, 2.05) is 36.1 Å². The number of fused-ring (bicyclic) bond motifs is 1. The van der Waals surface area contributed by atoms with Gasteiger partial charge in [-0.05, 0) is 79.4 Å². The zero-order valence-electron chi connectivity index (χ0n) is 23.3.